The van der Waals surface area contributed by atoms with Gasteiger partial charge in [-0.15, -0.1) is 0 Å². The molecule has 0 fully saturated rings. The molecule has 1 rings (SSSR count). The first-order valence-electron chi connectivity index (χ1n) is 5.64. The summed E-state index contributed by atoms with van der Waals surface area (Å²) >= 11 is 0. The predicted octanol–water partition coefficient (Wildman–Crippen LogP) is 0.646. The number of pyridine rings is 1. The van der Waals surface area contributed by atoms with Gasteiger partial charge in [0.1, 0.15) is 0 Å². The summed E-state index contributed by atoms with van der Waals surface area (Å²) < 4.78 is 0. The highest BCUT2D eigenvalue weighted by molar-refractivity contribution is 5.79. The van der Waals surface area contributed by atoms with E-state index < -0.39 is 24.5 Å². The Morgan fingerprint density at radius 1 is 1.37 bits per heavy atom. The maximum atomic E-state index is 9.72. The van der Waals surface area contributed by atoms with Crippen LogP contribution in [0.5, 0.6) is 5.88 Å². The normalized spacial score (nSPS) is 11.1. The van der Waals surface area contributed by atoms with Crippen LogP contribution in [-0.4, -0.2) is 43.5 Å². The molecule has 4 N–H and O–H groups in total. The minimum absolute atomic E-state index is 0.171. The fourth-order valence-corrected chi connectivity index (χ4v) is 1.15. The van der Waals surface area contributed by atoms with Crippen molar-refractivity contribution in [1.29, 1.82) is 0 Å². The Kier molecular flexibility index (Phi) is 7.87. The van der Waals surface area contributed by atoms with Gasteiger partial charge in [0.2, 0.25) is 5.88 Å². The van der Waals surface area contributed by atoms with Crippen molar-refractivity contribution in [2.75, 3.05) is 0 Å². The molecule has 0 aliphatic rings. The molecule has 0 spiro atoms. The first-order valence-corrected chi connectivity index (χ1v) is 5.64. The second-order valence-corrected chi connectivity index (χ2v) is 3.69. The summed E-state index contributed by atoms with van der Waals surface area (Å²) in [6, 6.07) is 3.73. The SMILES string of the molecule is CCCc1cccnc1O.O=C(O)CC(O)C(=O)O. The molecule has 7 nitrogen and oxygen atoms in total. The first kappa shape index (κ1) is 16.9. The number of carboxylic acid groups (broad SMARTS) is 2. The van der Waals surface area contributed by atoms with Crippen LogP contribution < -0.4 is 0 Å². The molecule has 0 aromatic carbocycles. The van der Waals surface area contributed by atoms with Crippen molar-refractivity contribution in [3.05, 3.63) is 23.9 Å². The highest BCUT2D eigenvalue weighted by atomic mass is 16.4. The number of carbonyl (C=O) groups is 2. The number of hydrogen-bond donors (Lipinski definition) is 4. The van der Waals surface area contributed by atoms with Crippen LogP contribution in [0.2, 0.25) is 0 Å². The van der Waals surface area contributed by atoms with Crippen LogP contribution in [0.3, 0.4) is 0 Å². The van der Waals surface area contributed by atoms with E-state index in [2.05, 4.69) is 11.9 Å². The number of aliphatic hydroxyl groups is 1. The second kappa shape index (κ2) is 8.87. The Morgan fingerprint density at radius 2 is 2.00 bits per heavy atom. The Balaban J connectivity index is 0.000000344. The minimum Gasteiger partial charge on any atom is -0.493 e. The number of rotatable bonds is 5. The van der Waals surface area contributed by atoms with Crippen molar-refractivity contribution in [2.24, 2.45) is 0 Å². The number of carboxylic acids is 2. The zero-order valence-electron chi connectivity index (χ0n) is 10.5. The van der Waals surface area contributed by atoms with Crippen LogP contribution in [0.15, 0.2) is 18.3 Å². The molecule has 0 saturated heterocycles. The molecule has 19 heavy (non-hydrogen) atoms. The van der Waals surface area contributed by atoms with E-state index in [-0.39, 0.29) is 5.88 Å². The summed E-state index contributed by atoms with van der Waals surface area (Å²) in [4.78, 5) is 23.2. The predicted molar refractivity (Wildman–Crippen MR) is 65.8 cm³/mol. The van der Waals surface area contributed by atoms with E-state index in [0.717, 1.165) is 18.4 Å². The van der Waals surface area contributed by atoms with E-state index in [9.17, 15) is 9.59 Å². The van der Waals surface area contributed by atoms with E-state index in [1.54, 1.807) is 6.20 Å². The van der Waals surface area contributed by atoms with Gasteiger partial charge in [-0.25, -0.2) is 9.78 Å². The number of hydrogen-bond acceptors (Lipinski definition) is 5. The molecule has 1 heterocycles. The summed E-state index contributed by atoms with van der Waals surface area (Å²) in [6.45, 7) is 2.08. The third-order valence-electron chi connectivity index (χ3n) is 2.04. The van der Waals surface area contributed by atoms with Crippen molar-refractivity contribution in [3.63, 3.8) is 0 Å². The molecule has 106 valence electrons. The zero-order valence-corrected chi connectivity index (χ0v) is 10.5. The van der Waals surface area contributed by atoms with Gasteiger partial charge in [-0.1, -0.05) is 19.4 Å². The van der Waals surface area contributed by atoms with Crippen LogP contribution >= 0.6 is 0 Å². The number of nitrogens with zero attached hydrogens (tertiary/aromatic N) is 1. The minimum atomic E-state index is -1.79. The van der Waals surface area contributed by atoms with Crippen LogP contribution in [0.4, 0.5) is 0 Å². The monoisotopic (exact) mass is 271 g/mol. The molecule has 1 atom stereocenters. The van der Waals surface area contributed by atoms with E-state index in [1.165, 1.54) is 0 Å². The highest BCUT2D eigenvalue weighted by Crippen LogP contribution is 2.12. The molecule has 1 unspecified atom stereocenters. The van der Waals surface area contributed by atoms with Crippen molar-refractivity contribution in [2.45, 2.75) is 32.3 Å². The zero-order chi connectivity index (χ0) is 14.8. The lowest BCUT2D eigenvalue weighted by atomic mass is 10.2. The third kappa shape index (κ3) is 7.72. The lowest BCUT2D eigenvalue weighted by Gasteiger charge is -1.98. The summed E-state index contributed by atoms with van der Waals surface area (Å²) in [6.07, 6.45) is 0.991. The highest BCUT2D eigenvalue weighted by Gasteiger charge is 2.16. The number of aliphatic hydroxyl groups excluding tert-OH is 1. The van der Waals surface area contributed by atoms with Crippen molar-refractivity contribution >= 4 is 11.9 Å². The van der Waals surface area contributed by atoms with Gasteiger partial charge < -0.3 is 20.4 Å². The van der Waals surface area contributed by atoms with E-state index >= 15 is 0 Å². The van der Waals surface area contributed by atoms with Crippen molar-refractivity contribution < 1.29 is 30.0 Å². The van der Waals surface area contributed by atoms with Crippen LogP contribution in [0, 0.1) is 0 Å². The van der Waals surface area contributed by atoms with Gasteiger partial charge in [0.25, 0.3) is 0 Å². The maximum Gasteiger partial charge on any atom is 0.333 e. The molecule has 0 radical (unpaired) electrons. The Labute approximate surface area is 110 Å². The molecule has 1 aromatic rings. The van der Waals surface area contributed by atoms with Crippen LogP contribution in [0.25, 0.3) is 0 Å². The molecule has 0 bridgehead atoms. The Hall–Kier alpha value is -2.15. The lowest BCUT2D eigenvalue weighted by Crippen LogP contribution is -2.22. The number of aromatic hydroxyl groups is 1. The molecule has 0 aliphatic heterocycles. The van der Waals surface area contributed by atoms with Gasteiger partial charge in [0.15, 0.2) is 6.10 Å². The summed E-state index contributed by atoms with van der Waals surface area (Å²) in [5.74, 6) is -2.67. The molecule has 0 amide bonds. The van der Waals surface area contributed by atoms with Gasteiger partial charge in [0.05, 0.1) is 6.42 Å². The molecular formula is C12H17NO6. The topological polar surface area (TPSA) is 128 Å². The summed E-state index contributed by atoms with van der Waals surface area (Å²) in [5, 5.41) is 33.3. The molecule has 7 heteroatoms. The van der Waals surface area contributed by atoms with Gasteiger partial charge in [-0.3, -0.25) is 4.79 Å². The number of aliphatic carboxylic acids is 2. The van der Waals surface area contributed by atoms with Gasteiger partial charge in [-0.05, 0) is 12.5 Å². The molecular weight excluding hydrogens is 254 g/mol. The second-order valence-electron chi connectivity index (χ2n) is 3.69. The summed E-state index contributed by atoms with van der Waals surface area (Å²) in [5.41, 5.74) is 0.935. The first-order chi connectivity index (χ1) is 8.88. The van der Waals surface area contributed by atoms with Crippen molar-refractivity contribution in [3.8, 4) is 5.88 Å². The third-order valence-corrected chi connectivity index (χ3v) is 2.04. The average molecular weight is 271 g/mol. The van der Waals surface area contributed by atoms with E-state index in [1.807, 2.05) is 12.1 Å². The quantitative estimate of drug-likeness (QED) is 0.618. The molecule has 0 aliphatic carbocycles. The fraction of sp³-hybridized carbons (Fsp3) is 0.417. The van der Waals surface area contributed by atoms with E-state index in [0.29, 0.717) is 0 Å². The van der Waals surface area contributed by atoms with E-state index in [4.69, 9.17) is 20.4 Å². The lowest BCUT2D eigenvalue weighted by molar-refractivity contribution is -0.152. The Bertz CT molecular complexity index is 420. The standard InChI is InChI=1S/C8H11NO.C4H6O5/c1-2-4-7-5-3-6-9-8(7)10;5-2(4(8)9)1-3(6)7/h3,5-6H,2,4H2,1H3,(H,9,10);2,5H,1H2,(H,6,7)(H,8,9). The largest absolute Gasteiger partial charge is 0.493 e. The van der Waals surface area contributed by atoms with Crippen molar-refractivity contribution in [1.82, 2.24) is 4.98 Å². The van der Waals surface area contributed by atoms with Gasteiger partial charge in [-0.2, -0.15) is 0 Å². The van der Waals surface area contributed by atoms with Crippen LogP contribution in [0.1, 0.15) is 25.3 Å². The Morgan fingerprint density at radius 3 is 2.37 bits per heavy atom. The maximum absolute atomic E-state index is 9.72. The number of aromatic nitrogens is 1. The number of aryl methyl sites for hydroxylation is 1. The smallest absolute Gasteiger partial charge is 0.333 e. The fourth-order valence-electron chi connectivity index (χ4n) is 1.15. The summed E-state index contributed by atoms with van der Waals surface area (Å²) in [7, 11) is 0. The molecule has 0 saturated carbocycles. The van der Waals surface area contributed by atoms with Gasteiger partial charge >= 0.3 is 11.9 Å². The average Bonchev–Trinajstić information content (AvgIpc) is 2.32. The molecule has 1 aromatic heterocycles. The van der Waals surface area contributed by atoms with Gasteiger partial charge in [0, 0.05) is 11.8 Å². The van der Waals surface area contributed by atoms with Crippen LogP contribution in [-0.2, 0) is 16.0 Å².